The zero-order valence-corrected chi connectivity index (χ0v) is 14.6. The van der Waals surface area contributed by atoms with Crippen LogP contribution in [0, 0.1) is 6.92 Å². The monoisotopic (exact) mass is 307 g/mol. The normalized spacial score (nSPS) is 9.09. The number of nitrogens with zero attached hydrogens (tertiary/aromatic N) is 3. The van der Waals surface area contributed by atoms with E-state index in [9.17, 15) is 0 Å². The van der Waals surface area contributed by atoms with Crippen LogP contribution in [-0.2, 0) is 0 Å². The quantitative estimate of drug-likeness (QED) is 0.621. The Hall–Kier alpha value is -2.55. The molecule has 0 aliphatic carbocycles. The van der Waals surface area contributed by atoms with Crippen molar-refractivity contribution in [3.05, 3.63) is 66.5 Å². The molecule has 0 spiro atoms. The largest absolute Gasteiger partial charge is 0.255 e. The van der Waals surface area contributed by atoms with Gasteiger partial charge in [-0.15, -0.1) is 0 Å². The summed E-state index contributed by atoms with van der Waals surface area (Å²) in [4.78, 5) is 13.3. The van der Waals surface area contributed by atoms with Crippen molar-refractivity contribution in [2.45, 2.75) is 34.6 Å². The highest BCUT2D eigenvalue weighted by molar-refractivity contribution is 5.61. The molecule has 0 N–H and O–H groups in total. The molecule has 0 unspecified atom stereocenters. The standard InChI is InChI=1S/C16H13N3.2C2H6/c1-12-8-10-18-16(11-12)15-7-4-6-14(19-15)13-5-2-3-9-17-13;2*1-2/h2-11H,1H3;2*1-2H3. The van der Waals surface area contributed by atoms with Crippen molar-refractivity contribution in [2.24, 2.45) is 0 Å². The molecular weight excluding hydrogens is 282 g/mol. The third kappa shape index (κ3) is 5.29. The second-order valence-electron chi connectivity index (χ2n) is 4.34. The SMILES string of the molecule is CC.CC.Cc1ccnc(-c2cccc(-c3ccccn3)n2)c1. The first-order valence-electron chi connectivity index (χ1n) is 8.14. The average molecular weight is 307 g/mol. The summed E-state index contributed by atoms with van der Waals surface area (Å²) in [5.41, 5.74) is 4.66. The van der Waals surface area contributed by atoms with Crippen LogP contribution in [0.1, 0.15) is 33.3 Å². The fourth-order valence-corrected chi connectivity index (χ4v) is 1.91. The molecule has 23 heavy (non-hydrogen) atoms. The first-order chi connectivity index (χ1) is 11.3. The topological polar surface area (TPSA) is 38.7 Å². The van der Waals surface area contributed by atoms with Crippen molar-refractivity contribution in [1.82, 2.24) is 15.0 Å². The van der Waals surface area contributed by atoms with E-state index in [1.807, 2.05) is 83.1 Å². The van der Waals surface area contributed by atoms with Crippen molar-refractivity contribution >= 4 is 0 Å². The number of hydrogen-bond acceptors (Lipinski definition) is 3. The van der Waals surface area contributed by atoms with Crippen LogP contribution < -0.4 is 0 Å². The number of aromatic nitrogens is 3. The van der Waals surface area contributed by atoms with Crippen molar-refractivity contribution in [3.8, 4) is 22.8 Å². The first kappa shape index (κ1) is 18.5. The molecule has 3 heteroatoms. The van der Waals surface area contributed by atoms with Gasteiger partial charge in [0.25, 0.3) is 0 Å². The van der Waals surface area contributed by atoms with Gasteiger partial charge < -0.3 is 0 Å². The summed E-state index contributed by atoms with van der Waals surface area (Å²) in [7, 11) is 0. The smallest absolute Gasteiger partial charge is 0.0894 e. The Morgan fingerprint density at radius 3 is 1.83 bits per heavy atom. The third-order valence-corrected chi connectivity index (χ3v) is 2.85. The lowest BCUT2D eigenvalue weighted by molar-refractivity contribution is 1.21. The van der Waals surface area contributed by atoms with Gasteiger partial charge in [0.05, 0.1) is 22.8 Å². The van der Waals surface area contributed by atoms with Gasteiger partial charge >= 0.3 is 0 Å². The van der Waals surface area contributed by atoms with Crippen molar-refractivity contribution in [2.75, 3.05) is 0 Å². The Bertz CT molecular complexity index is 694. The highest BCUT2D eigenvalue weighted by Gasteiger charge is 2.04. The molecule has 0 atom stereocenters. The summed E-state index contributed by atoms with van der Waals surface area (Å²) < 4.78 is 0. The van der Waals surface area contributed by atoms with Gasteiger partial charge in [-0.25, -0.2) is 4.98 Å². The van der Waals surface area contributed by atoms with Crippen molar-refractivity contribution in [3.63, 3.8) is 0 Å². The molecule has 120 valence electrons. The summed E-state index contributed by atoms with van der Waals surface area (Å²) in [5, 5.41) is 0. The Labute approximate surface area is 139 Å². The number of aryl methyl sites for hydroxylation is 1. The molecule has 3 rings (SSSR count). The van der Waals surface area contributed by atoms with E-state index in [-0.39, 0.29) is 0 Å². The molecule has 0 amide bonds. The zero-order chi connectivity index (χ0) is 17.1. The summed E-state index contributed by atoms with van der Waals surface area (Å²) in [6.45, 7) is 10.0. The summed E-state index contributed by atoms with van der Waals surface area (Å²) >= 11 is 0. The predicted molar refractivity (Wildman–Crippen MR) is 98.1 cm³/mol. The highest BCUT2D eigenvalue weighted by Crippen LogP contribution is 2.20. The van der Waals surface area contributed by atoms with Crippen LogP contribution in [-0.4, -0.2) is 15.0 Å². The molecule has 0 fully saturated rings. The molecule has 0 aromatic carbocycles. The van der Waals surface area contributed by atoms with E-state index in [1.165, 1.54) is 5.56 Å². The maximum Gasteiger partial charge on any atom is 0.0894 e. The third-order valence-electron chi connectivity index (χ3n) is 2.85. The Kier molecular flexibility index (Phi) is 8.22. The van der Waals surface area contributed by atoms with Crippen LogP contribution in [0.4, 0.5) is 0 Å². The van der Waals surface area contributed by atoms with E-state index in [0.29, 0.717) is 0 Å². The van der Waals surface area contributed by atoms with Crippen molar-refractivity contribution in [1.29, 1.82) is 0 Å². The van der Waals surface area contributed by atoms with E-state index in [2.05, 4.69) is 15.0 Å². The molecule has 3 nitrogen and oxygen atoms in total. The van der Waals surface area contributed by atoms with Crippen LogP contribution in [0.25, 0.3) is 22.8 Å². The van der Waals surface area contributed by atoms with E-state index >= 15 is 0 Å². The molecular formula is C20H25N3. The molecule has 3 aromatic heterocycles. The maximum atomic E-state index is 4.63. The van der Waals surface area contributed by atoms with Crippen LogP contribution >= 0.6 is 0 Å². The summed E-state index contributed by atoms with van der Waals surface area (Å²) in [6.07, 6.45) is 3.58. The molecule has 0 aliphatic heterocycles. The number of hydrogen-bond donors (Lipinski definition) is 0. The minimum Gasteiger partial charge on any atom is -0.255 e. The number of pyridine rings is 3. The van der Waals surface area contributed by atoms with E-state index in [4.69, 9.17) is 0 Å². The maximum absolute atomic E-state index is 4.63. The van der Waals surface area contributed by atoms with Gasteiger partial charge in [0.1, 0.15) is 0 Å². The van der Waals surface area contributed by atoms with Crippen LogP contribution in [0.3, 0.4) is 0 Å². The molecule has 0 bridgehead atoms. The second-order valence-corrected chi connectivity index (χ2v) is 4.34. The predicted octanol–water partition coefficient (Wildman–Crippen LogP) is 5.57. The lowest BCUT2D eigenvalue weighted by Crippen LogP contribution is -1.91. The molecule has 0 radical (unpaired) electrons. The van der Waals surface area contributed by atoms with Gasteiger partial charge in [-0.3, -0.25) is 9.97 Å². The molecule has 3 aromatic rings. The van der Waals surface area contributed by atoms with E-state index in [1.54, 1.807) is 12.4 Å². The zero-order valence-electron chi connectivity index (χ0n) is 14.6. The van der Waals surface area contributed by atoms with Gasteiger partial charge in [-0.2, -0.15) is 0 Å². The average Bonchev–Trinajstić information content (AvgIpc) is 2.66. The lowest BCUT2D eigenvalue weighted by atomic mass is 10.1. The van der Waals surface area contributed by atoms with Crippen LogP contribution in [0.5, 0.6) is 0 Å². The summed E-state index contributed by atoms with van der Waals surface area (Å²) in [5.74, 6) is 0. The Morgan fingerprint density at radius 1 is 0.609 bits per heavy atom. The van der Waals surface area contributed by atoms with Gasteiger partial charge in [-0.1, -0.05) is 39.8 Å². The van der Waals surface area contributed by atoms with E-state index < -0.39 is 0 Å². The number of rotatable bonds is 2. The van der Waals surface area contributed by atoms with Gasteiger partial charge in [0.2, 0.25) is 0 Å². The second kappa shape index (κ2) is 10.2. The van der Waals surface area contributed by atoms with Gasteiger partial charge in [0, 0.05) is 12.4 Å². The van der Waals surface area contributed by atoms with Gasteiger partial charge in [-0.05, 0) is 48.9 Å². The minimum absolute atomic E-state index is 0.862. The molecule has 3 heterocycles. The Morgan fingerprint density at radius 2 is 1.22 bits per heavy atom. The fourth-order valence-electron chi connectivity index (χ4n) is 1.91. The highest BCUT2D eigenvalue weighted by atomic mass is 14.8. The van der Waals surface area contributed by atoms with E-state index in [0.717, 1.165) is 22.8 Å². The minimum atomic E-state index is 0.862. The van der Waals surface area contributed by atoms with Crippen LogP contribution in [0.15, 0.2) is 60.9 Å². The first-order valence-corrected chi connectivity index (χ1v) is 8.14. The molecule has 0 aliphatic rings. The van der Waals surface area contributed by atoms with Crippen molar-refractivity contribution < 1.29 is 0 Å². The van der Waals surface area contributed by atoms with Crippen LogP contribution in [0.2, 0.25) is 0 Å². The summed E-state index contributed by atoms with van der Waals surface area (Å²) in [6, 6.07) is 15.7. The molecule has 0 saturated heterocycles. The van der Waals surface area contributed by atoms with Gasteiger partial charge in [0.15, 0.2) is 0 Å². The lowest BCUT2D eigenvalue weighted by Gasteiger charge is -2.04. The molecule has 0 saturated carbocycles. The Balaban J connectivity index is 0.000000615. The fraction of sp³-hybridized carbons (Fsp3) is 0.250.